The Balaban J connectivity index is 1.80. The summed E-state index contributed by atoms with van der Waals surface area (Å²) in [6, 6.07) is 12.1. The quantitative estimate of drug-likeness (QED) is 0.310. The molecule has 2 atom stereocenters. The van der Waals surface area contributed by atoms with Crippen LogP contribution < -0.4 is 9.74 Å². The van der Waals surface area contributed by atoms with Gasteiger partial charge < -0.3 is 29.2 Å². The van der Waals surface area contributed by atoms with Gasteiger partial charge in [-0.05, 0) is 100 Å². The number of esters is 1. The van der Waals surface area contributed by atoms with E-state index in [1.165, 1.54) is 24.3 Å². The summed E-state index contributed by atoms with van der Waals surface area (Å²) in [5.41, 5.74) is 0.0175. The van der Waals surface area contributed by atoms with E-state index >= 15 is 0 Å². The van der Waals surface area contributed by atoms with Crippen LogP contribution in [0.15, 0.2) is 48.5 Å². The Hall–Kier alpha value is -3.53. The van der Waals surface area contributed by atoms with Crippen molar-refractivity contribution < 1.29 is 33.4 Å². The second-order valence-corrected chi connectivity index (χ2v) is 17.8. The van der Waals surface area contributed by atoms with Gasteiger partial charge in [0.05, 0.1) is 11.6 Å². The summed E-state index contributed by atoms with van der Waals surface area (Å²) in [5, 5.41) is 12.6. The molecule has 3 rings (SSSR count). The topological polar surface area (TPSA) is 114 Å². The standard InChI is InChI=1S/C31H44N2O7Si/c1-30(2,3)39-29(37)33-19-9-10-26(38-28(36)22-11-15-23(34)16-12-22)25(20-33)32-27(35)21-13-17-24(18-14-21)40-41(7,8)31(4,5)6/h11-18,25-26,34H,9-10,19-20H2,1-8H3,(H,32,35)/t25-,26-/m1/s1. The van der Waals surface area contributed by atoms with E-state index in [4.69, 9.17) is 13.9 Å². The van der Waals surface area contributed by atoms with E-state index in [9.17, 15) is 19.5 Å². The largest absolute Gasteiger partial charge is 0.544 e. The molecule has 2 amide bonds. The number of likely N-dealkylation sites (tertiary alicyclic amines) is 1. The van der Waals surface area contributed by atoms with E-state index in [2.05, 4.69) is 39.2 Å². The third-order valence-electron chi connectivity index (χ3n) is 7.41. The van der Waals surface area contributed by atoms with Crippen molar-refractivity contribution >= 4 is 26.3 Å². The number of ether oxygens (including phenoxy) is 2. The number of benzene rings is 2. The van der Waals surface area contributed by atoms with Gasteiger partial charge in [0.15, 0.2) is 0 Å². The molecule has 10 heteroatoms. The monoisotopic (exact) mass is 584 g/mol. The predicted octanol–water partition coefficient (Wildman–Crippen LogP) is 6.13. The number of hydrogen-bond acceptors (Lipinski definition) is 7. The number of rotatable bonds is 6. The average Bonchev–Trinajstić information content (AvgIpc) is 3.05. The molecule has 0 saturated carbocycles. The van der Waals surface area contributed by atoms with Gasteiger partial charge in [0.25, 0.3) is 5.91 Å². The zero-order valence-electron chi connectivity index (χ0n) is 25.4. The molecule has 1 saturated heterocycles. The molecule has 0 radical (unpaired) electrons. The van der Waals surface area contributed by atoms with Crippen molar-refractivity contribution in [3.63, 3.8) is 0 Å². The summed E-state index contributed by atoms with van der Waals surface area (Å²) in [5.74, 6) is -0.188. The lowest BCUT2D eigenvalue weighted by atomic mass is 10.1. The number of nitrogens with zero attached hydrogens (tertiary/aromatic N) is 1. The van der Waals surface area contributed by atoms with Gasteiger partial charge in [0.1, 0.15) is 23.2 Å². The van der Waals surface area contributed by atoms with E-state index < -0.39 is 38.1 Å². The van der Waals surface area contributed by atoms with Crippen molar-refractivity contribution in [3.05, 3.63) is 59.7 Å². The van der Waals surface area contributed by atoms with E-state index in [-0.39, 0.29) is 28.8 Å². The molecule has 41 heavy (non-hydrogen) atoms. The molecule has 1 fully saturated rings. The number of aromatic hydroxyl groups is 1. The number of carbonyl (C=O) groups excluding carboxylic acids is 3. The highest BCUT2D eigenvalue weighted by Gasteiger charge is 2.39. The normalized spacial score (nSPS) is 18.2. The third kappa shape index (κ3) is 8.98. The minimum Gasteiger partial charge on any atom is -0.544 e. The van der Waals surface area contributed by atoms with Crippen molar-refractivity contribution in [2.24, 2.45) is 0 Å². The zero-order chi connectivity index (χ0) is 30.6. The van der Waals surface area contributed by atoms with E-state index in [1.807, 2.05) is 0 Å². The molecule has 224 valence electrons. The van der Waals surface area contributed by atoms with Gasteiger partial charge in [-0.3, -0.25) is 4.79 Å². The average molecular weight is 585 g/mol. The minimum absolute atomic E-state index is 0.0368. The first-order chi connectivity index (χ1) is 18.9. The smallest absolute Gasteiger partial charge is 0.410 e. The Kier molecular flexibility index (Phi) is 9.79. The van der Waals surface area contributed by atoms with Crippen LogP contribution >= 0.6 is 0 Å². The Morgan fingerprint density at radius 3 is 2.07 bits per heavy atom. The van der Waals surface area contributed by atoms with Crippen LogP contribution in [0.1, 0.15) is 75.1 Å². The first-order valence-corrected chi connectivity index (χ1v) is 16.9. The minimum atomic E-state index is -2.04. The molecule has 0 unspecified atom stereocenters. The summed E-state index contributed by atoms with van der Waals surface area (Å²) in [6.07, 6.45) is -0.185. The van der Waals surface area contributed by atoms with Crippen molar-refractivity contribution in [2.45, 2.75) is 90.3 Å². The third-order valence-corrected chi connectivity index (χ3v) is 11.8. The van der Waals surface area contributed by atoms with Gasteiger partial charge in [-0.1, -0.05) is 20.8 Å². The highest BCUT2D eigenvalue weighted by Crippen LogP contribution is 2.37. The second-order valence-electron chi connectivity index (χ2n) is 13.0. The zero-order valence-corrected chi connectivity index (χ0v) is 26.4. The van der Waals surface area contributed by atoms with E-state index in [0.29, 0.717) is 30.7 Å². The summed E-state index contributed by atoms with van der Waals surface area (Å²) in [4.78, 5) is 40.8. The number of carbonyl (C=O) groups is 3. The molecular weight excluding hydrogens is 540 g/mol. The maximum Gasteiger partial charge on any atom is 0.410 e. The lowest BCUT2D eigenvalue weighted by Gasteiger charge is -2.36. The molecular formula is C31H44N2O7Si. The molecule has 2 N–H and O–H groups in total. The fourth-order valence-corrected chi connectivity index (χ4v) is 5.11. The maximum absolute atomic E-state index is 13.4. The number of phenols is 1. The molecule has 2 aromatic carbocycles. The lowest BCUT2D eigenvalue weighted by Crippen LogP contribution is -2.51. The lowest BCUT2D eigenvalue weighted by molar-refractivity contribution is 0.0127. The van der Waals surface area contributed by atoms with Crippen LogP contribution in [0.2, 0.25) is 18.1 Å². The fourth-order valence-electron chi connectivity index (χ4n) is 4.08. The molecule has 9 nitrogen and oxygen atoms in total. The van der Waals surface area contributed by atoms with Gasteiger partial charge in [-0.15, -0.1) is 0 Å². The molecule has 1 aliphatic heterocycles. The fraction of sp³-hybridized carbons (Fsp3) is 0.516. The predicted molar refractivity (Wildman–Crippen MR) is 160 cm³/mol. The second kappa shape index (κ2) is 12.5. The van der Waals surface area contributed by atoms with Crippen LogP contribution in [-0.2, 0) is 9.47 Å². The van der Waals surface area contributed by atoms with Crippen LogP contribution in [0.4, 0.5) is 4.79 Å². The van der Waals surface area contributed by atoms with Crippen molar-refractivity contribution in [2.75, 3.05) is 13.1 Å². The van der Waals surface area contributed by atoms with Crippen LogP contribution in [0.25, 0.3) is 0 Å². The van der Waals surface area contributed by atoms with Crippen LogP contribution in [0.3, 0.4) is 0 Å². The van der Waals surface area contributed by atoms with Crippen molar-refractivity contribution in [1.82, 2.24) is 10.2 Å². The number of phenolic OH excluding ortho intramolecular Hbond substituents is 1. The molecule has 1 heterocycles. The summed E-state index contributed by atoms with van der Waals surface area (Å²) in [6.45, 7) is 16.7. The summed E-state index contributed by atoms with van der Waals surface area (Å²) in [7, 11) is -2.04. The number of hydrogen-bond donors (Lipinski definition) is 2. The van der Waals surface area contributed by atoms with Crippen LogP contribution in [-0.4, -0.2) is 67.1 Å². The van der Waals surface area contributed by atoms with Crippen LogP contribution in [0, 0.1) is 0 Å². The molecule has 2 aromatic rings. The Morgan fingerprint density at radius 2 is 1.51 bits per heavy atom. The highest BCUT2D eigenvalue weighted by atomic mass is 28.4. The SMILES string of the molecule is CC(C)(C)OC(=O)N1CCC[C@@H](OC(=O)c2ccc(O)cc2)[C@H](NC(=O)c2ccc(O[Si](C)(C)C(C)(C)C)cc2)C1. The van der Waals surface area contributed by atoms with Crippen LogP contribution in [0.5, 0.6) is 11.5 Å². The van der Waals surface area contributed by atoms with Gasteiger partial charge in [0, 0.05) is 18.7 Å². The molecule has 0 bridgehead atoms. The van der Waals surface area contributed by atoms with Gasteiger partial charge in [0.2, 0.25) is 8.32 Å². The molecule has 0 spiro atoms. The Bertz CT molecular complexity index is 1220. The van der Waals surface area contributed by atoms with Gasteiger partial charge in [-0.25, -0.2) is 9.59 Å². The first kappa shape index (κ1) is 32.0. The molecule has 0 aromatic heterocycles. The van der Waals surface area contributed by atoms with Crippen molar-refractivity contribution in [3.8, 4) is 11.5 Å². The summed E-state index contributed by atoms with van der Waals surface area (Å²) >= 11 is 0. The maximum atomic E-state index is 13.4. The van der Waals surface area contributed by atoms with E-state index in [0.717, 1.165) is 0 Å². The number of nitrogens with one attached hydrogen (secondary N) is 1. The van der Waals surface area contributed by atoms with Crippen molar-refractivity contribution in [1.29, 1.82) is 0 Å². The van der Waals surface area contributed by atoms with Gasteiger partial charge in [-0.2, -0.15) is 0 Å². The number of amides is 2. The first-order valence-electron chi connectivity index (χ1n) is 14.0. The van der Waals surface area contributed by atoms with E-state index in [1.54, 1.807) is 49.9 Å². The Morgan fingerprint density at radius 1 is 0.927 bits per heavy atom. The summed E-state index contributed by atoms with van der Waals surface area (Å²) < 4.78 is 17.8. The highest BCUT2D eigenvalue weighted by molar-refractivity contribution is 6.74. The molecule has 0 aliphatic carbocycles. The van der Waals surface area contributed by atoms with Gasteiger partial charge >= 0.3 is 12.1 Å². The Labute approximate surface area is 244 Å². The molecule has 1 aliphatic rings.